The quantitative estimate of drug-likeness (QED) is 0.800. The van der Waals surface area contributed by atoms with Gasteiger partial charge in [-0.1, -0.05) is 6.92 Å². The van der Waals surface area contributed by atoms with E-state index in [0.717, 1.165) is 11.4 Å². The zero-order chi connectivity index (χ0) is 11.3. The highest BCUT2D eigenvalue weighted by atomic mass is 32.2. The van der Waals surface area contributed by atoms with Crippen LogP contribution in [0.2, 0.25) is 0 Å². The van der Waals surface area contributed by atoms with E-state index < -0.39 is 0 Å². The zero-order valence-corrected chi connectivity index (χ0v) is 10.1. The minimum absolute atomic E-state index is 0.106. The van der Waals surface area contributed by atoms with Gasteiger partial charge in [-0.2, -0.15) is 0 Å². The molecule has 82 valence electrons. The van der Waals surface area contributed by atoms with Crippen molar-refractivity contribution < 1.29 is 4.79 Å². The van der Waals surface area contributed by atoms with Crippen LogP contribution in [-0.2, 0) is 0 Å². The summed E-state index contributed by atoms with van der Waals surface area (Å²) in [7, 11) is 3.38. The van der Waals surface area contributed by atoms with E-state index in [1.54, 1.807) is 30.8 Å². The Labute approximate surface area is 94.9 Å². The van der Waals surface area contributed by atoms with Crippen LogP contribution in [0.4, 0.5) is 10.5 Å². The molecule has 0 aliphatic heterocycles. The number of carbonyl (C=O) groups excluding carboxylic acids is 1. The van der Waals surface area contributed by atoms with Gasteiger partial charge in [0.1, 0.15) is 0 Å². The van der Waals surface area contributed by atoms with Gasteiger partial charge in [-0.25, -0.2) is 4.79 Å². The van der Waals surface area contributed by atoms with Crippen LogP contribution >= 0.6 is 11.8 Å². The third-order valence-corrected chi connectivity index (χ3v) is 2.95. The van der Waals surface area contributed by atoms with E-state index in [1.807, 2.05) is 24.3 Å². The number of hydrogen-bond donors (Lipinski definition) is 1. The van der Waals surface area contributed by atoms with Crippen molar-refractivity contribution in [2.75, 3.05) is 24.7 Å². The summed E-state index contributed by atoms with van der Waals surface area (Å²) < 4.78 is 0. The van der Waals surface area contributed by atoms with Crippen molar-refractivity contribution in [3.8, 4) is 0 Å². The number of carbonyl (C=O) groups is 1. The van der Waals surface area contributed by atoms with E-state index in [2.05, 4.69) is 12.2 Å². The summed E-state index contributed by atoms with van der Waals surface area (Å²) in [6.07, 6.45) is 0. The lowest BCUT2D eigenvalue weighted by molar-refractivity contribution is 0.249. The molecule has 0 bridgehead atoms. The van der Waals surface area contributed by atoms with Crippen LogP contribution in [0, 0.1) is 0 Å². The molecule has 1 aromatic rings. The Morgan fingerprint density at radius 1 is 1.40 bits per heavy atom. The summed E-state index contributed by atoms with van der Waals surface area (Å²) in [5.74, 6) is 1.06. The maximum Gasteiger partial charge on any atom is 0.321 e. The summed E-state index contributed by atoms with van der Waals surface area (Å²) in [6.45, 7) is 2.12. The Kier molecular flexibility index (Phi) is 4.49. The van der Waals surface area contributed by atoms with Crippen LogP contribution in [0.1, 0.15) is 6.92 Å². The molecule has 0 heterocycles. The van der Waals surface area contributed by atoms with Gasteiger partial charge < -0.3 is 5.32 Å². The van der Waals surface area contributed by atoms with Crippen molar-refractivity contribution >= 4 is 23.5 Å². The highest BCUT2D eigenvalue weighted by Crippen LogP contribution is 2.21. The molecule has 0 unspecified atom stereocenters. The molecule has 0 aromatic heterocycles. The zero-order valence-electron chi connectivity index (χ0n) is 9.28. The Bertz CT molecular complexity index is 324. The smallest absolute Gasteiger partial charge is 0.321 e. The molecule has 0 atom stereocenters. The van der Waals surface area contributed by atoms with E-state index in [9.17, 15) is 4.79 Å². The van der Waals surface area contributed by atoms with Gasteiger partial charge in [-0.05, 0) is 30.0 Å². The van der Waals surface area contributed by atoms with Crippen molar-refractivity contribution in [2.45, 2.75) is 11.8 Å². The van der Waals surface area contributed by atoms with E-state index in [1.165, 1.54) is 4.90 Å². The first-order valence-corrected chi connectivity index (χ1v) is 5.86. The summed E-state index contributed by atoms with van der Waals surface area (Å²) in [4.78, 5) is 14.1. The topological polar surface area (TPSA) is 32.3 Å². The molecule has 1 aromatic carbocycles. The number of anilines is 1. The van der Waals surface area contributed by atoms with Gasteiger partial charge in [0.2, 0.25) is 0 Å². The van der Waals surface area contributed by atoms with Crippen LogP contribution in [-0.4, -0.2) is 25.9 Å². The van der Waals surface area contributed by atoms with Gasteiger partial charge in [0.15, 0.2) is 0 Å². The Balaban J connectivity index is 2.75. The minimum Gasteiger partial charge on any atom is -0.341 e. The van der Waals surface area contributed by atoms with Crippen LogP contribution in [0.25, 0.3) is 0 Å². The number of amides is 2. The molecule has 2 amide bonds. The van der Waals surface area contributed by atoms with Crippen LogP contribution in [0.5, 0.6) is 0 Å². The van der Waals surface area contributed by atoms with Gasteiger partial charge in [-0.3, -0.25) is 4.90 Å². The average Bonchev–Trinajstić information content (AvgIpc) is 2.28. The minimum atomic E-state index is -0.106. The monoisotopic (exact) mass is 224 g/mol. The second-order valence-corrected chi connectivity index (χ2v) is 4.38. The van der Waals surface area contributed by atoms with Crippen LogP contribution < -0.4 is 10.2 Å². The number of hydrogen-bond acceptors (Lipinski definition) is 2. The first-order valence-electron chi connectivity index (χ1n) is 4.87. The molecule has 0 aliphatic rings. The fourth-order valence-corrected chi connectivity index (χ4v) is 1.88. The Morgan fingerprint density at radius 2 is 2.00 bits per heavy atom. The first-order chi connectivity index (χ1) is 7.19. The average molecular weight is 224 g/mol. The van der Waals surface area contributed by atoms with E-state index in [0.29, 0.717) is 0 Å². The van der Waals surface area contributed by atoms with Crippen molar-refractivity contribution in [2.24, 2.45) is 0 Å². The van der Waals surface area contributed by atoms with E-state index in [4.69, 9.17) is 0 Å². The molecule has 0 radical (unpaired) electrons. The summed E-state index contributed by atoms with van der Waals surface area (Å²) >= 11 is 1.79. The molecule has 1 rings (SSSR count). The maximum atomic E-state index is 11.3. The SMILES string of the molecule is CCSc1ccc(N(C)C(=O)NC)cc1. The number of nitrogens with one attached hydrogen (secondary N) is 1. The van der Waals surface area contributed by atoms with Crippen LogP contribution in [0.15, 0.2) is 29.2 Å². The predicted octanol–water partition coefficient (Wildman–Crippen LogP) is 2.57. The van der Waals surface area contributed by atoms with Crippen molar-refractivity contribution in [1.82, 2.24) is 5.32 Å². The molecule has 0 saturated heterocycles. The number of thioether (sulfide) groups is 1. The van der Waals surface area contributed by atoms with Gasteiger partial charge in [0.05, 0.1) is 0 Å². The van der Waals surface area contributed by atoms with Crippen LogP contribution in [0.3, 0.4) is 0 Å². The third kappa shape index (κ3) is 3.16. The highest BCUT2D eigenvalue weighted by Gasteiger charge is 2.07. The normalized spacial score (nSPS) is 9.80. The number of urea groups is 1. The molecule has 0 aliphatic carbocycles. The number of rotatable bonds is 3. The third-order valence-electron chi connectivity index (χ3n) is 2.05. The van der Waals surface area contributed by atoms with Gasteiger partial charge in [-0.15, -0.1) is 11.8 Å². The first kappa shape index (κ1) is 11.9. The lowest BCUT2D eigenvalue weighted by Crippen LogP contribution is -2.34. The van der Waals surface area contributed by atoms with Gasteiger partial charge in [0, 0.05) is 24.7 Å². The molecule has 3 nitrogen and oxygen atoms in total. The lowest BCUT2D eigenvalue weighted by atomic mass is 10.3. The Morgan fingerprint density at radius 3 is 2.47 bits per heavy atom. The second-order valence-electron chi connectivity index (χ2n) is 3.04. The molecule has 4 heteroatoms. The molecular formula is C11H16N2OS. The molecular weight excluding hydrogens is 208 g/mol. The number of nitrogens with zero attached hydrogens (tertiary/aromatic N) is 1. The number of benzene rings is 1. The second kappa shape index (κ2) is 5.66. The van der Waals surface area contributed by atoms with Crippen molar-refractivity contribution in [1.29, 1.82) is 0 Å². The lowest BCUT2D eigenvalue weighted by Gasteiger charge is -2.16. The standard InChI is InChI=1S/C11H16N2OS/c1-4-15-10-7-5-9(6-8-10)13(3)11(14)12-2/h5-8H,4H2,1-3H3,(H,12,14). The molecule has 1 N–H and O–H groups in total. The van der Waals surface area contributed by atoms with Crippen molar-refractivity contribution in [3.63, 3.8) is 0 Å². The molecule has 0 fully saturated rings. The largest absolute Gasteiger partial charge is 0.341 e. The van der Waals surface area contributed by atoms with Crippen molar-refractivity contribution in [3.05, 3.63) is 24.3 Å². The van der Waals surface area contributed by atoms with E-state index >= 15 is 0 Å². The molecule has 0 spiro atoms. The summed E-state index contributed by atoms with van der Waals surface area (Å²) in [5.41, 5.74) is 0.898. The van der Waals surface area contributed by atoms with Gasteiger partial charge >= 0.3 is 6.03 Å². The van der Waals surface area contributed by atoms with Gasteiger partial charge in [0.25, 0.3) is 0 Å². The predicted molar refractivity (Wildman–Crippen MR) is 65.7 cm³/mol. The Hall–Kier alpha value is -1.16. The molecule has 15 heavy (non-hydrogen) atoms. The fraction of sp³-hybridized carbons (Fsp3) is 0.364. The fourth-order valence-electron chi connectivity index (χ4n) is 1.22. The summed E-state index contributed by atoms with van der Waals surface area (Å²) in [5, 5.41) is 2.58. The molecule has 0 saturated carbocycles. The summed E-state index contributed by atoms with van der Waals surface area (Å²) in [6, 6.07) is 7.86. The van der Waals surface area contributed by atoms with E-state index in [-0.39, 0.29) is 6.03 Å². The highest BCUT2D eigenvalue weighted by molar-refractivity contribution is 7.99. The maximum absolute atomic E-state index is 11.3.